The highest BCUT2D eigenvalue weighted by Gasteiger charge is 2.23. The molecule has 3 N–H and O–H groups in total. The van der Waals surface area contributed by atoms with Crippen molar-refractivity contribution in [3.05, 3.63) is 77.3 Å². The van der Waals surface area contributed by atoms with Crippen molar-refractivity contribution in [3.8, 4) is 16.9 Å². The minimum Gasteiger partial charge on any atom is -0.496 e. The van der Waals surface area contributed by atoms with Gasteiger partial charge < -0.3 is 24.8 Å². The average molecular weight is 582 g/mol. The lowest BCUT2D eigenvalue weighted by Crippen LogP contribution is -2.32. The molecule has 0 spiro atoms. The second-order valence-electron chi connectivity index (χ2n) is 9.86. The predicted octanol–water partition coefficient (Wildman–Crippen LogP) is 6.53. The van der Waals surface area contributed by atoms with Crippen LogP contribution in [-0.2, 0) is 14.3 Å². The van der Waals surface area contributed by atoms with Crippen molar-refractivity contribution in [2.24, 2.45) is 0 Å². The minimum atomic E-state index is -0.684. The monoisotopic (exact) mass is 581 g/mol. The largest absolute Gasteiger partial charge is 0.496 e. The molecule has 0 heterocycles. The van der Waals surface area contributed by atoms with Gasteiger partial charge in [-0.3, -0.25) is 10.1 Å². The zero-order valence-corrected chi connectivity index (χ0v) is 24.5. The fourth-order valence-corrected chi connectivity index (χ4v) is 4.38. The van der Waals surface area contributed by atoms with E-state index in [1.54, 1.807) is 0 Å². The van der Waals surface area contributed by atoms with E-state index in [4.69, 9.17) is 25.8 Å². The summed E-state index contributed by atoms with van der Waals surface area (Å²) in [6.45, 7) is 4.82. The standard InChI is InChI=1S/C31H36ClN3O6/c1-31(2,41-30(38)35-25-14-9-8-13-22(25)21-11-6-5-7-12-21)16-10-17-33-18-15-28(36)34-26-20-27(39-3)23(19-24(26)32)29(37)40-4/h5-9,11-14,19-20,33H,10,15-18H2,1-4H3,(H,34,36)(H,35,38). The molecule has 0 fully saturated rings. The summed E-state index contributed by atoms with van der Waals surface area (Å²) in [6, 6.07) is 20.3. The van der Waals surface area contributed by atoms with Gasteiger partial charge in [0.25, 0.3) is 0 Å². The number of hydrogen-bond acceptors (Lipinski definition) is 7. The Bertz CT molecular complexity index is 1350. The van der Waals surface area contributed by atoms with Gasteiger partial charge >= 0.3 is 12.1 Å². The molecule has 3 aromatic carbocycles. The lowest BCUT2D eigenvalue weighted by Gasteiger charge is -2.25. The van der Waals surface area contributed by atoms with Gasteiger partial charge in [-0.15, -0.1) is 0 Å². The van der Waals surface area contributed by atoms with Crippen LogP contribution in [0.1, 0.15) is 43.5 Å². The van der Waals surface area contributed by atoms with Crippen LogP contribution in [0, 0.1) is 0 Å². The average Bonchev–Trinajstić information content (AvgIpc) is 2.95. The summed E-state index contributed by atoms with van der Waals surface area (Å²) in [5.74, 6) is -0.592. The number of para-hydroxylation sites is 1. The molecule has 0 bridgehead atoms. The molecule has 0 radical (unpaired) electrons. The van der Waals surface area contributed by atoms with Crippen LogP contribution in [0.15, 0.2) is 66.7 Å². The Labute approximate surface area is 245 Å². The maximum Gasteiger partial charge on any atom is 0.412 e. The second-order valence-corrected chi connectivity index (χ2v) is 10.3. The molecule has 41 heavy (non-hydrogen) atoms. The number of benzene rings is 3. The van der Waals surface area contributed by atoms with Crippen LogP contribution in [0.2, 0.25) is 5.02 Å². The number of ether oxygens (including phenoxy) is 3. The van der Waals surface area contributed by atoms with Crippen LogP contribution in [0.5, 0.6) is 5.75 Å². The maximum atomic E-state index is 12.7. The van der Waals surface area contributed by atoms with Crippen LogP contribution in [0.3, 0.4) is 0 Å². The van der Waals surface area contributed by atoms with E-state index in [-0.39, 0.29) is 28.7 Å². The van der Waals surface area contributed by atoms with E-state index in [9.17, 15) is 14.4 Å². The van der Waals surface area contributed by atoms with Crippen molar-refractivity contribution in [1.29, 1.82) is 0 Å². The third-order valence-corrected chi connectivity index (χ3v) is 6.56. The summed E-state index contributed by atoms with van der Waals surface area (Å²) < 4.78 is 15.7. The molecular weight excluding hydrogens is 546 g/mol. The number of methoxy groups -OCH3 is 2. The van der Waals surface area contributed by atoms with Gasteiger partial charge in [-0.05, 0) is 50.9 Å². The predicted molar refractivity (Wildman–Crippen MR) is 161 cm³/mol. The fourth-order valence-electron chi connectivity index (χ4n) is 4.17. The van der Waals surface area contributed by atoms with Crippen molar-refractivity contribution in [1.82, 2.24) is 5.32 Å². The summed E-state index contributed by atoms with van der Waals surface area (Å²) in [5.41, 5.74) is 2.42. The first-order valence-corrected chi connectivity index (χ1v) is 13.6. The number of carbonyl (C=O) groups is 3. The highest BCUT2D eigenvalue weighted by molar-refractivity contribution is 6.34. The van der Waals surface area contributed by atoms with Crippen LogP contribution in [0.25, 0.3) is 11.1 Å². The van der Waals surface area contributed by atoms with Crippen LogP contribution < -0.4 is 20.7 Å². The first-order valence-electron chi connectivity index (χ1n) is 13.2. The van der Waals surface area contributed by atoms with Crippen LogP contribution in [0.4, 0.5) is 16.2 Å². The lowest BCUT2D eigenvalue weighted by molar-refractivity contribution is -0.116. The molecule has 0 aliphatic rings. The molecule has 218 valence electrons. The number of carbonyl (C=O) groups excluding carboxylic acids is 3. The molecule has 9 nitrogen and oxygen atoms in total. The summed E-state index contributed by atoms with van der Waals surface area (Å²) >= 11 is 6.23. The van der Waals surface area contributed by atoms with Crippen molar-refractivity contribution < 1.29 is 28.6 Å². The highest BCUT2D eigenvalue weighted by Crippen LogP contribution is 2.32. The minimum absolute atomic E-state index is 0.168. The number of esters is 1. The molecule has 2 amide bonds. The second kappa shape index (κ2) is 15.1. The summed E-state index contributed by atoms with van der Waals surface area (Å²) in [7, 11) is 2.67. The van der Waals surface area contributed by atoms with E-state index in [2.05, 4.69) is 16.0 Å². The van der Waals surface area contributed by atoms with Gasteiger partial charge in [0, 0.05) is 24.6 Å². The molecule has 0 aliphatic heterocycles. The molecule has 10 heteroatoms. The van der Waals surface area contributed by atoms with Gasteiger partial charge in [-0.2, -0.15) is 0 Å². The number of hydrogen-bond donors (Lipinski definition) is 3. The number of nitrogens with one attached hydrogen (secondary N) is 3. The smallest absolute Gasteiger partial charge is 0.412 e. The van der Waals surface area contributed by atoms with Crippen LogP contribution >= 0.6 is 11.6 Å². The number of anilines is 2. The Morgan fingerprint density at radius 1 is 0.878 bits per heavy atom. The summed E-state index contributed by atoms with van der Waals surface area (Å²) in [4.78, 5) is 37.0. The number of amides is 2. The zero-order chi connectivity index (χ0) is 29.8. The Kier molecular flexibility index (Phi) is 11.6. The first-order chi connectivity index (χ1) is 19.6. The molecule has 0 aromatic heterocycles. The van der Waals surface area contributed by atoms with Crippen molar-refractivity contribution >= 4 is 40.9 Å². The Balaban J connectivity index is 1.39. The molecule has 3 rings (SSSR count). The van der Waals surface area contributed by atoms with E-state index in [1.165, 1.54) is 26.4 Å². The van der Waals surface area contributed by atoms with Crippen molar-refractivity contribution in [3.63, 3.8) is 0 Å². The Hall–Kier alpha value is -4.08. The summed E-state index contributed by atoms with van der Waals surface area (Å²) in [5, 5.41) is 9.03. The van der Waals surface area contributed by atoms with Gasteiger partial charge in [0.15, 0.2) is 0 Å². The van der Waals surface area contributed by atoms with Gasteiger partial charge in [-0.25, -0.2) is 9.59 Å². The quantitative estimate of drug-likeness (QED) is 0.155. The van der Waals surface area contributed by atoms with E-state index < -0.39 is 17.7 Å². The topological polar surface area (TPSA) is 115 Å². The molecule has 3 aromatic rings. The lowest BCUT2D eigenvalue weighted by atomic mass is 10.0. The van der Waals surface area contributed by atoms with E-state index in [0.717, 1.165) is 17.5 Å². The molecule has 0 atom stereocenters. The molecule has 0 aliphatic carbocycles. The Morgan fingerprint density at radius 3 is 2.29 bits per heavy atom. The van der Waals surface area contributed by atoms with Crippen molar-refractivity contribution in [2.75, 3.05) is 37.9 Å². The first kappa shape index (κ1) is 31.4. The van der Waals surface area contributed by atoms with Gasteiger partial charge in [-0.1, -0.05) is 60.1 Å². The third kappa shape index (κ3) is 9.51. The molecular formula is C31H36ClN3O6. The maximum absolute atomic E-state index is 12.7. The summed E-state index contributed by atoms with van der Waals surface area (Å²) in [6.07, 6.45) is 1.06. The molecule has 0 saturated heterocycles. The zero-order valence-electron chi connectivity index (χ0n) is 23.7. The van der Waals surface area contributed by atoms with Crippen molar-refractivity contribution in [2.45, 2.75) is 38.7 Å². The van der Waals surface area contributed by atoms with E-state index >= 15 is 0 Å². The molecule has 0 saturated carbocycles. The normalized spacial score (nSPS) is 11.0. The van der Waals surface area contributed by atoms with Gasteiger partial charge in [0.05, 0.1) is 30.6 Å². The fraction of sp³-hybridized carbons (Fsp3) is 0.323. The van der Waals surface area contributed by atoms with E-state index in [0.29, 0.717) is 30.9 Å². The number of rotatable bonds is 13. The SMILES string of the molecule is COC(=O)c1cc(Cl)c(NC(=O)CCNCCCC(C)(C)OC(=O)Nc2ccccc2-c2ccccc2)cc1OC. The van der Waals surface area contributed by atoms with Crippen LogP contribution in [-0.4, -0.2) is 50.9 Å². The Morgan fingerprint density at radius 2 is 1.59 bits per heavy atom. The third-order valence-electron chi connectivity index (χ3n) is 6.25. The number of halogens is 1. The molecule has 0 unspecified atom stereocenters. The highest BCUT2D eigenvalue weighted by atomic mass is 35.5. The van der Waals surface area contributed by atoms with E-state index in [1.807, 2.05) is 68.4 Å². The van der Waals surface area contributed by atoms with Gasteiger partial charge in [0.2, 0.25) is 5.91 Å². The van der Waals surface area contributed by atoms with Gasteiger partial charge in [0.1, 0.15) is 16.9 Å².